The van der Waals surface area contributed by atoms with Gasteiger partial charge in [0.15, 0.2) is 0 Å². The predicted molar refractivity (Wildman–Crippen MR) is 73.8 cm³/mol. The number of nitrogens with one attached hydrogen (secondary N) is 1. The van der Waals surface area contributed by atoms with Crippen LogP contribution in [0, 0.1) is 0 Å². The first-order chi connectivity index (χ1) is 9.79. The van der Waals surface area contributed by atoms with Crippen molar-refractivity contribution in [1.82, 2.24) is 9.97 Å². The molecule has 0 aliphatic heterocycles. The Morgan fingerprint density at radius 2 is 2.10 bits per heavy atom. The van der Waals surface area contributed by atoms with Gasteiger partial charge in [0, 0.05) is 19.4 Å². The van der Waals surface area contributed by atoms with Gasteiger partial charge in [-0.25, -0.2) is 4.98 Å². The van der Waals surface area contributed by atoms with Gasteiger partial charge in [-0.15, -0.1) is 0 Å². The lowest BCUT2D eigenvalue weighted by Gasteiger charge is -2.06. The number of pyridine rings is 2. The standard InChI is InChI=1S/C14H15N3O3/c1-19-8-9-20-13-6-5-11(10-16-13)17-14(18)12-4-2-3-7-15-12/h2-7,10H,8-9H2,1H3,(H,17,18). The van der Waals surface area contributed by atoms with Gasteiger partial charge in [0.2, 0.25) is 5.88 Å². The van der Waals surface area contributed by atoms with Crippen LogP contribution in [0.15, 0.2) is 42.7 Å². The molecular weight excluding hydrogens is 258 g/mol. The molecule has 6 nitrogen and oxygen atoms in total. The van der Waals surface area contributed by atoms with Crippen molar-refractivity contribution in [2.75, 3.05) is 25.6 Å². The lowest BCUT2D eigenvalue weighted by molar-refractivity contribution is 0.102. The monoisotopic (exact) mass is 273 g/mol. The summed E-state index contributed by atoms with van der Waals surface area (Å²) in [5.41, 5.74) is 0.938. The number of carbonyl (C=O) groups excluding carboxylic acids is 1. The minimum absolute atomic E-state index is 0.277. The second-order valence-electron chi connectivity index (χ2n) is 3.90. The second-order valence-corrected chi connectivity index (χ2v) is 3.90. The number of ether oxygens (including phenoxy) is 2. The van der Waals surface area contributed by atoms with Crippen molar-refractivity contribution < 1.29 is 14.3 Å². The van der Waals surface area contributed by atoms with E-state index in [4.69, 9.17) is 9.47 Å². The van der Waals surface area contributed by atoms with Crippen molar-refractivity contribution in [3.8, 4) is 5.88 Å². The van der Waals surface area contributed by atoms with Gasteiger partial charge in [0.1, 0.15) is 12.3 Å². The van der Waals surface area contributed by atoms with Gasteiger partial charge in [-0.3, -0.25) is 9.78 Å². The molecule has 0 saturated heterocycles. The van der Waals surface area contributed by atoms with Gasteiger partial charge in [-0.2, -0.15) is 0 Å². The fourth-order valence-corrected chi connectivity index (χ4v) is 1.46. The summed E-state index contributed by atoms with van der Waals surface area (Å²) in [6.07, 6.45) is 3.10. The summed E-state index contributed by atoms with van der Waals surface area (Å²) in [5, 5.41) is 2.71. The molecule has 1 amide bonds. The van der Waals surface area contributed by atoms with Crippen LogP contribution in [0.4, 0.5) is 5.69 Å². The highest BCUT2D eigenvalue weighted by atomic mass is 16.5. The summed E-state index contributed by atoms with van der Waals surface area (Å²) >= 11 is 0. The van der Waals surface area contributed by atoms with Gasteiger partial charge in [0.05, 0.1) is 18.5 Å². The Morgan fingerprint density at radius 1 is 1.20 bits per heavy atom. The molecule has 6 heteroatoms. The van der Waals surface area contributed by atoms with Gasteiger partial charge in [-0.1, -0.05) is 6.07 Å². The van der Waals surface area contributed by atoms with E-state index in [0.29, 0.717) is 30.5 Å². The zero-order valence-electron chi connectivity index (χ0n) is 11.1. The van der Waals surface area contributed by atoms with Gasteiger partial charge in [-0.05, 0) is 18.2 Å². The smallest absolute Gasteiger partial charge is 0.274 e. The molecule has 0 aliphatic carbocycles. The van der Waals surface area contributed by atoms with Gasteiger partial charge < -0.3 is 14.8 Å². The van der Waals surface area contributed by atoms with Crippen molar-refractivity contribution >= 4 is 11.6 Å². The number of hydrogen-bond acceptors (Lipinski definition) is 5. The van der Waals surface area contributed by atoms with Crippen molar-refractivity contribution in [2.24, 2.45) is 0 Å². The van der Waals surface area contributed by atoms with E-state index in [0.717, 1.165) is 0 Å². The van der Waals surface area contributed by atoms with Crippen molar-refractivity contribution in [3.05, 3.63) is 48.4 Å². The topological polar surface area (TPSA) is 73.3 Å². The first-order valence-electron chi connectivity index (χ1n) is 6.10. The van der Waals surface area contributed by atoms with E-state index in [1.165, 1.54) is 6.20 Å². The quantitative estimate of drug-likeness (QED) is 0.812. The van der Waals surface area contributed by atoms with Crippen LogP contribution < -0.4 is 10.1 Å². The molecule has 2 rings (SSSR count). The highest BCUT2D eigenvalue weighted by Crippen LogP contribution is 2.12. The van der Waals surface area contributed by atoms with Crippen molar-refractivity contribution in [1.29, 1.82) is 0 Å². The summed E-state index contributed by atoms with van der Waals surface area (Å²) in [6.45, 7) is 0.934. The minimum Gasteiger partial charge on any atom is -0.475 e. The normalized spacial score (nSPS) is 10.1. The molecule has 0 saturated carbocycles. The average molecular weight is 273 g/mol. The van der Waals surface area contributed by atoms with Crippen LogP contribution in [0.5, 0.6) is 5.88 Å². The number of hydrogen-bond donors (Lipinski definition) is 1. The lowest BCUT2D eigenvalue weighted by Crippen LogP contribution is -2.13. The third-order valence-corrected chi connectivity index (χ3v) is 2.43. The molecule has 1 N–H and O–H groups in total. The summed E-state index contributed by atoms with van der Waals surface area (Å²) < 4.78 is 10.2. The van der Waals surface area contributed by atoms with E-state index < -0.39 is 0 Å². The number of anilines is 1. The Balaban J connectivity index is 1.92. The van der Waals surface area contributed by atoms with E-state index in [2.05, 4.69) is 15.3 Å². The molecule has 2 aromatic heterocycles. The number of rotatable bonds is 6. The number of carbonyl (C=O) groups is 1. The van der Waals surface area contributed by atoms with Crippen molar-refractivity contribution in [2.45, 2.75) is 0 Å². The highest BCUT2D eigenvalue weighted by Gasteiger charge is 2.06. The molecule has 20 heavy (non-hydrogen) atoms. The Kier molecular flexibility index (Phi) is 5.02. The Labute approximate surface area is 116 Å². The number of nitrogens with zero attached hydrogens (tertiary/aromatic N) is 2. The predicted octanol–water partition coefficient (Wildman–Crippen LogP) is 1.75. The summed E-state index contributed by atoms with van der Waals surface area (Å²) in [4.78, 5) is 19.9. The minimum atomic E-state index is -0.277. The van der Waals surface area contributed by atoms with Crippen molar-refractivity contribution in [3.63, 3.8) is 0 Å². The first kappa shape index (κ1) is 14.0. The maximum Gasteiger partial charge on any atom is 0.274 e. The highest BCUT2D eigenvalue weighted by molar-refractivity contribution is 6.02. The molecule has 0 unspecified atom stereocenters. The Bertz CT molecular complexity index is 543. The fourth-order valence-electron chi connectivity index (χ4n) is 1.46. The van der Waals surface area contributed by atoms with Gasteiger partial charge in [0.25, 0.3) is 5.91 Å². The third-order valence-electron chi connectivity index (χ3n) is 2.43. The zero-order valence-corrected chi connectivity index (χ0v) is 11.1. The number of amides is 1. The van der Waals surface area contributed by atoms with Crippen LogP contribution in [0.2, 0.25) is 0 Å². The largest absolute Gasteiger partial charge is 0.475 e. The molecule has 0 atom stereocenters. The third kappa shape index (κ3) is 4.03. The fraction of sp³-hybridized carbons (Fsp3) is 0.214. The first-order valence-corrected chi connectivity index (χ1v) is 6.10. The summed E-state index contributed by atoms with van der Waals surface area (Å²) in [5.74, 6) is 0.207. The zero-order chi connectivity index (χ0) is 14.2. The Hall–Kier alpha value is -2.47. The van der Waals surface area contributed by atoms with Crippen LogP contribution in [-0.4, -0.2) is 36.2 Å². The number of methoxy groups -OCH3 is 1. The van der Waals surface area contributed by atoms with E-state index in [-0.39, 0.29) is 5.91 Å². The maximum absolute atomic E-state index is 11.9. The van der Waals surface area contributed by atoms with Crippen LogP contribution in [0.25, 0.3) is 0 Å². The summed E-state index contributed by atoms with van der Waals surface area (Å²) in [7, 11) is 1.60. The molecule has 2 aromatic rings. The lowest BCUT2D eigenvalue weighted by atomic mass is 10.3. The maximum atomic E-state index is 11.9. The SMILES string of the molecule is COCCOc1ccc(NC(=O)c2ccccn2)cn1. The molecule has 0 fully saturated rings. The molecule has 0 radical (unpaired) electrons. The summed E-state index contributed by atoms with van der Waals surface area (Å²) in [6, 6.07) is 8.56. The molecule has 0 aliphatic rings. The van der Waals surface area contributed by atoms with E-state index >= 15 is 0 Å². The molecule has 104 valence electrons. The van der Waals surface area contributed by atoms with E-state index in [9.17, 15) is 4.79 Å². The van der Waals surface area contributed by atoms with Crippen LogP contribution in [-0.2, 0) is 4.74 Å². The van der Waals surface area contributed by atoms with E-state index in [1.54, 1.807) is 43.6 Å². The van der Waals surface area contributed by atoms with Crippen LogP contribution in [0.1, 0.15) is 10.5 Å². The molecule has 0 spiro atoms. The van der Waals surface area contributed by atoms with E-state index in [1.807, 2.05) is 0 Å². The molecule has 0 bridgehead atoms. The number of aromatic nitrogens is 2. The second kappa shape index (κ2) is 7.20. The van der Waals surface area contributed by atoms with Gasteiger partial charge >= 0.3 is 0 Å². The molecule has 2 heterocycles. The molecular formula is C14H15N3O3. The van der Waals surface area contributed by atoms with Crippen LogP contribution >= 0.6 is 0 Å². The average Bonchev–Trinajstić information content (AvgIpc) is 2.50. The molecule has 0 aromatic carbocycles. The Morgan fingerprint density at radius 3 is 2.75 bits per heavy atom. The van der Waals surface area contributed by atoms with Crippen LogP contribution in [0.3, 0.4) is 0 Å².